The molecule has 3 aromatic heterocycles. The molecule has 0 unspecified atom stereocenters. The average molecular weight is 500 g/mol. The molecule has 3 heterocycles. The van der Waals surface area contributed by atoms with Crippen molar-refractivity contribution in [3.05, 3.63) is 50.4 Å². The Labute approximate surface area is 206 Å². The second kappa shape index (κ2) is 10.5. The largest absolute Gasteiger partial charge is 0.462 e. The van der Waals surface area contributed by atoms with Gasteiger partial charge in [-0.25, -0.2) is 24.1 Å². The van der Waals surface area contributed by atoms with Crippen molar-refractivity contribution >= 4 is 39.9 Å². The minimum Gasteiger partial charge on any atom is -0.462 e. The zero-order chi connectivity index (χ0) is 25.1. The Hall–Kier alpha value is -3.34. The zero-order valence-electron chi connectivity index (χ0n) is 20.5. The maximum atomic E-state index is 12.7. The second-order valence-electron chi connectivity index (χ2n) is 8.12. The fourth-order valence-corrected chi connectivity index (χ4v) is 5.31. The third-order valence-electron chi connectivity index (χ3n) is 5.96. The number of fused-ring (bicyclic) bond motifs is 2. The van der Waals surface area contributed by atoms with Crippen LogP contribution >= 0.6 is 11.8 Å². The van der Waals surface area contributed by atoms with Gasteiger partial charge in [-0.3, -0.25) is 14.3 Å². The Balaban J connectivity index is 1.71. The number of ether oxygens (including phenoxy) is 1. The summed E-state index contributed by atoms with van der Waals surface area (Å²) in [6.45, 7) is 9.99. The van der Waals surface area contributed by atoms with Gasteiger partial charge in [0, 0.05) is 19.2 Å². The van der Waals surface area contributed by atoms with Crippen LogP contribution < -0.4 is 15.8 Å². The van der Waals surface area contributed by atoms with Gasteiger partial charge in [0.2, 0.25) is 0 Å². The summed E-state index contributed by atoms with van der Waals surface area (Å²) >= 11 is 1.56. The molecule has 4 rings (SSSR count). The predicted octanol–water partition coefficient (Wildman–Crippen LogP) is 2.96. The molecule has 0 amide bonds. The lowest BCUT2D eigenvalue weighted by atomic mass is 10.2. The van der Waals surface area contributed by atoms with Crippen LogP contribution in [0.2, 0.25) is 0 Å². The summed E-state index contributed by atoms with van der Waals surface area (Å²) in [5, 5.41) is 0.913. The van der Waals surface area contributed by atoms with E-state index in [9.17, 15) is 14.4 Å². The van der Waals surface area contributed by atoms with Crippen LogP contribution in [0.15, 0.2) is 32.9 Å². The van der Waals surface area contributed by atoms with Crippen LogP contribution in [0.1, 0.15) is 56.7 Å². The zero-order valence-corrected chi connectivity index (χ0v) is 21.3. The number of H-pyrrole nitrogens is 2. The van der Waals surface area contributed by atoms with Crippen molar-refractivity contribution in [3.8, 4) is 0 Å². The van der Waals surface area contributed by atoms with E-state index in [0.717, 1.165) is 41.4 Å². The fraction of sp³-hybridized carbons (Fsp3) is 0.458. The van der Waals surface area contributed by atoms with E-state index in [-0.39, 0.29) is 5.97 Å². The highest BCUT2D eigenvalue weighted by Crippen LogP contribution is 2.24. The molecule has 11 heteroatoms. The van der Waals surface area contributed by atoms with E-state index in [1.807, 2.05) is 17.6 Å². The van der Waals surface area contributed by atoms with Crippen LogP contribution in [-0.2, 0) is 30.1 Å². The molecule has 0 spiro atoms. The molecule has 0 aliphatic carbocycles. The molecule has 0 aliphatic heterocycles. The fourth-order valence-electron chi connectivity index (χ4n) is 4.26. The predicted molar refractivity (Wildman–Crippen MR) is 135 cm³/mol. The SMILES string of the molecule is CCCCn1c(=O)[nH]c(=O)c2c1nc(CSc1[nH]c3cc(C(=O)OCC)ccc3[n+]1CC)n2CC. The number of hydrogen-bond acceptors (Lipinski definition) is 6. The topological polar surface area (TPSA) is 119 Å². The molecule has 0 aliphatic rings. The number of carbonyl (C=O) groups excluding carboxylic acids is 1. The van der Waals surface area contributed by atoms with Crippen molar-refractivity contribution in [2.45, 2.75) is 71.1 Å². The summed E-state index contributed by atoms with van der Waals surface area (Å²) in [7, 11) is 0. The Kier molecular flexibility index (Phi) is 7.44. The maximum Gasteiger partial charge on any atom is 0.338 e. The number of aryl methyl sites for hydroxylation is 3. The van der Waals surface area contributed by atoms with E-state index in [1.54, 1.807) is 35.4 Å². The number of aromatic amines is 2. The lowest BCUT2D eigenvalue weighted by Crippen LogP contribution is -2.33. The summed E-state index contributed by atoms with van der Waals surface area (Å²) in [6.07, 6.45) is 1.75. The molecule has 186 valence electrons. The number of carbonyl (C=O) groups is 1. The number of thioether (sulfide) groups is 1. The van der Waals surface area contributed by atoms with Gasteiger partial charge in [-0.05, 0) is 51.1 Å². The molecular formula is C24H31N6O4S+. The van der Waals surface area contributed by atoms with E-state index in [2.05, 4.69) is 28.4 Å². The Bertz CT molecular complexity index is 1500. The molecule has 1 aromatic carbocycles. The summed E-state index contributed by atoms with van der Waals surface area (Å²) in [5.41, 5.74) is 2.35. The first kappa shape index (κ1) is 24.8. The maximum absolute atomic E-state index is 12.7. The van der Waals surface area contributed by atoms with Gasteiger partial charge >= 0.3 is 16.8 Å². The monoisotopic (exact) mass is 499 g/mol. The van der Waals surface area contributed by atoms with Gasteiger partial charge < -0.3 is 9.30 Å². The van der Waals surface area contributed by atoms with E-state index in [4.69, 9.17) is 9.72 Å². The number of rotatable bonds is 10. The molecule has 0 fully saturated rings. The molecular weight excluding hydrogens is 468 g/mol. The summed E-state index contributed by atoms with van der Waals surface area (Å²) in [4.78, 5) is 47.9. The number of nitrogens with zero attached hydrogens (tertiary/aromatic N) is 4. The molecule has 0 radical (unpaired) electrons. The van der Waals surface area contributed by atoms with Crippen LogP contribution in [0.4, 0.5) is 0 Å². The second-order valence-corrected chi connectivity index (χ2v) is 9.09. The standard InChI is InChI=1S/C24H30N6O4S/c1-5-9-12-30-20-19(21(31)27-23(30)33)29(7-3)18(26-20)14-35-24-25-16-13-15(22(32)34-8-4)10-11-17(16)28(24)6-2/h10-11,13H,5-9,12,14H2,1-4H3,(H,27,31,33)/p+1. The number of imidazole rings is 2. The minimum atomic E-state index is -0.423. The van der Waals surface area contributed by atoms with Crippen LogP contribution in [0.3, 0.4) is 0 Å². The Morgan fingerprint density at radius 3 is 2.63 bits per heavy atom. The van der Waals surface area contributed by atoms with Crippen molar-refractivity contribution in [2.24, 2.45) is 0 Å². The van der Waals surface area contributed by atoms with Crippen molar-refractivity contribution in [3.63, 3.8) is 0 Å². The number of benzene rings is 1. The van der Waals surface area contributed by atoms with Crippen molar-refractivity contribution in [2.75, 3.05) is 6.61 Å². The van der Waals surface area contributed by atoms with Gasteiger partial charge in [-0.2, -0.15) is 0 Å². The lowest BCUT2D eigenvalue weighted by Gasteiger charge is -2.06. The molecule has 4 aromatic rings. The number of nitrogens with one attached hydrogen (secondary N) is 2. The molecule has 35 heavy (non-hydrogen) atoms. The highest BCUT2D eigenvalue weighted by Gasteiger charge is 2.23. The lowest BCUT2D eigenvalue weighted by molar-refractivity contribution is -0.705. The van der Waals surface area contributed by atoms with E-state index >= 15 is 0 Å². The first-order chi connectivity index (χ1) is 16.9. The van der Waals surface area contributed by atoms with Crippen molar-refractivity contribution in [1.29, 1.82) is 0 Å². The van der Waals surface area contributed by atoms with E-state index < -0.39 is 11.2 Å². The van der Waals surface area contributed by atoms with Gasteiger partial charge in [0.1, 0.15) is 5.82 Å². The minimum absolute atomic E-state index is 0.325. The summed E-state index contributed by atoms with van der Waals surface area (Å²) < 4.78 is 10.7. The summed E-state index contributed by atoms with van der Waals surface area (Å²) in [6, 6.07) is 5.49. The molecule has 10 nitrogen and oxygen atoms in total. The number of unbranched alkanes of at least 4 members (excludes halogenated alkanes) is 1. The smallest absolute Gasteiger partial charge is 0.338 e. The van der Waals surface area contributed by atoms with Gasteiger partial charge in [0.05, 0.1) is 24.5 Å². The Morgan fingerprint density at radius 2 is 1.94 bits per heavy atom. The number of aromatic nitrogens is 6. The molecule has 0 atom stereocenters. The van der Waals surface area contributed by atoms with Gasteiger partial charge in [-0.1, -0.05) is 13.3 Å². The molecule has 2 N–H and O–H groups in total. The third kappa shape index (κ3) is 4.64. The van der Waals surface area contributed by atoms with Crippen LogP contribution in [-0.4, -0.2) is 36.7 Å². The van der Waals surface area contributed by atoms with Gasteiger partial charge in [0.15, 0.2) is 22.2 Å². The normalized spacial score (nSPS) is 11.5. The summed E-state index contributed by atoms with van der Waals surface area (Å²) in [5.74, 6) is 0.876. The van der Waals surface area contributed by atoms with Crippen molar-refractivity contribution in [1.82, 2.24) is 24.1 Å². The van der Waals surface area contributed by atoms with Gasteiger partial charge in [-0.15, -0.1) is 0 Å². The van der Waals surface area contributed by atoms with Crippen molar-refractivity contribution < 1.29 is 14.1 Å². The molecule has 0 saturated heterocycles. The molecule has 0 bridgehead atoms. The Morgan fingerprint density at radius 1 is 1.14 bits per heavy atom. The third-order valence-corrected chi connectivity index (χ3v) is 6.95. The van der Waals surface area contributed by atoms with Crippen LogP contribution in [0, 0.1) is 0 Å². The van der Waals surface area contributed by atoms with Gasteiger partial charge in [0.25, 0.3) is 5.56 Å². The van der Waals surface area contributed by atoms with E-state index in [1.165, 1.54) is 0 Å². The molecule has 0 saturated carbocycles. The van der Waals surface area contributed by atoms with Crippen LogP contribution in [0.25, 0.3) is 22.2 Å². The first-order valence-electron chi connectivity index (χ1n) is 12.0. The quantitative estimate of drug-likeness (QED) is 0.197. The number of hydrogen-bond donors (Lipinski definition) is 2. The first-order valence-corrected chi connectivity index (χ1v) is 13.0. The van der Waals surface area contributed by atoms with E-state index in [0.29, 0.717) is 42.2 Å². The highest BCUT2D eigenvalue weighted by molar-refractivity contribution is 7.98. The average Bonchev–Trinajstić information content (AvgIpc) is 3.39. The number of esters is 1. The highest BCUT2D eigenvalue weighted by atomic mass is 32.2. The van der Waals surface area contributed by atoms with Crippen LogP contribution in [0.5, 0.6) is 0 Å².